The van der Waals surface area contributed by atoms with E-state index in [0.717, 1.165) is 10.8 Å². The number of nitriles is 1. The zero-order valence-corrected chi connectivity index (χ0v) is 20.1. The molecular weight excluding hydrogens is 458 g/mol. The molecule has 3 aliphatic rings. The van der Waals surface area contributed by atoms with Gasteiger partial charge in [0.1, 0.15) is 11.8 Å². The van der Waals surface area contributed by atoms with Crippen LogP contribution >= 0.6 is 0 Å². The number of nitrogens with zero attached hydrogens (tertiary/aromatic N) is 3. The van der Waals surface area contributed by atoms with Crippen LogP contribution in [0, 0.1) is 23.2 Å². The van der Waals surface area contributed by atoms with Crippen molar-refractivity contribution in [1.29, 1.82) is 5.26 Å². The maximum atomic E-state index is 13.9. The van der Waals surface area contributed by atoms with Gasteiger partial charge in [0.05, 0.1) is 48.0 Å². The number of ether oxygens (including phenoxy) is 3. The molecule has 8 heteroatoms. The summed E-state index contributed by atoms with van der Waals surface area (Å²) in [6, 6.07) is 16.7. The number of methoxy groups -OCH3 is 1. The second kappa shape index (κ2) is 8.04. The van der Waals surface area contributed by atoms with Crippen molar-refractivity contribution in [3.8, 4) is 17.7 Å². The van der Waals surface area contributed by atoms with Crippen molar-refractivity contribution in [2.24, 2.45) is 11.8 Å². The minimum Gasteiger partial charge on any atom is -0.497 e. The van der Waals surface area contributed by atoms with Gasteiger partial charge in [-0.05, 0) is 37.3 Å². The summed E-state index contributed by atoms with van der Waals surface area (Å²) in [7, 11) is 1.58. The normalized spacial score (nSPS) is 28.4. The van der Waals surface area contributed by atoms with Crippen molar-refractivity contribution in [3.05, 3.63) is 60.3 Å². The molecule has 0 aliphatic carbocycles. The van der Waals surface area contributed by atoms with Gasteiger partial charge in [-0.1, -0.05) is 30.3 Å². The van der Waals surface area contributed by atoms with Crippen LogP contribution in [0.5, 0.6) is 11.6 Å². The number of pyridine rings is 1. The average molecular weight is 484 g/mol. The van der Waals surface area contributed by atoms with Gasteiger partial charge in [0.25, 0.3) is 0 Å². The van der Waals surface area contributed by atoms with Crippen molar-refractivity contribution in [2.75, 3.05) is 18.6 Å². The van der Waals surface area contributed by atoms with E-state index < -0.39 is 23.0 Å². The first-order valence-corrected chi connectivity index (χ1v) is 12.0. The van der Waals surface area contributed by atoms with Gasteiger partial charge in [0, 0.05) is 24.1 Å². The third-order valence-corrected chi connectivity index (χ3v) is 7.99. The van der Waals surface area contributed by atoms with Crippen molar-refractivity contribution < 1.29 is 23.8 Å². The number of benzene rings is 2. The van der Waals surface area contributed by atoms with Crippen LogP contribution in [0.2, 0.25) is 0 Å². The zero-order chi connectivity index (χ0) is 25.1. The van der Waals surface area contributed by atoms with Crippen molar-refractivity contribution in [3.63, 3.8) is 0 Å². The summed E-state index contributed by atoms with van der Waals surface area (Å²) >= 11 is 0. The summed E-state index contributed by atoms with van der Waals surface area (Å²) in [5.74, 6) is -0.753. The van der Waals surface area contributed by atoms with Gasteiger partial charge in [-0.15, -0.1) is 0 Å². The van der Waals surface area contributed by atoms with Crippen molar-refractivity contribution in [2.45, 2.75) is 37.4 Å². The van der Waals surface area contributed by atoms with Gasteiger partial charge in [0.15, 0.2) is 0 Å². The topological polar surface area (TPSA) is 102 Å². The van der Waals surface area contributed by atoms with Crippen LogP contribution < -0.4 is 14.4 Å². The summed E-state index contributed by atoms with van der Waals surface area (Å²) in [5.41, 5.74) is -0.863. The molecule has 4 heterocycles. The van der Waals surface area contributed by atoms with Gasteiger partial charge < -0.3 is 14.2 Å². The molecule has 3 fully saturated rings. The van der Waals surface area contributed by atoms with E-state index in [1.807, 2.05) is 37.3 Å². The highest BCUT2D eigenvalue weighted by molar-refractivity contribution is 6.24. The minimum atomic E-state index is -0.802. The number of rotatable bonds is 6. The van der Waals surface area contributed by atoms with E-state index in [4.69, 9.17) is 14.2 Å². The molecule has 0 spiro atoms. The number of aromatic nitrogens is 1. The molecule has 36 heavy (non-hydrogen) atoms. The Kier molecular flexibility index (Phi) is 5.02. The lowest BCUT2D eigenvalue weighted by Crippen LogP contribution is -2.43. The van der Waals surface area contributed by atoms with Crippen molar-refractivity contribution in [1.82, 2.24) is 4.98 Å². The van der Waals surface area contributed by atoms with E-state index >= 15 is 0 Å². The molecule has 0 N–H and O–H groups in total. The molecule has 0 radical (unpaired) electrons. The lowest BCUT2D eigenvalue weighted by atomic mass is 9.67. The predicted molar refractivity (Wildman–Crippen MR) is 130 cm³/mol. The largest absolute Gasteiger partial charge is 0.497 e. The number of carbonyl (C=O) groups is 2. The number of amides is 2. The first kappa shape index (κ1) is 22.5. The van der Waals surface area contributed by atoms with Gasteiger partial charge in [0.2, 0.25) is 17.7 Å². The summed E-state index contributed by atoms with van der Waals surface area (Å²) < 4.78 is 17.6. The Balaban J connectivity index is 1.32. The van der Waals surface area contributed by atoms with E-state index in [0.29, 0.717) is 42.1 Å². The van der Waals surface area contributed by atoms with Crippen LogP contribution in [0.4, 0.5) is 5.69 Å². The number of hydrogen-bond donors (Lipinski definition) is 0. The molecule has 4 unspecified atom stereocenters. The maximum Gasteiger partial charge on any atom is 0.240 e. The van der Waals surface area contributed by atoms with Crippen LogP contribution in [0.25, 0.3) is 10.8 Å². The number of anilines is 1. The minimum absolute atomic E-state index is 0.278. The van der Waals surface area contributed by atoms with Crippen LogP contribution in [-0.4, -0.2) is 41.7 Å². The molecule has 8 nitrogen and oxygen atoms in total. The first-order chi connectivity index (χ1) is 17.4. The van der Waals surface area contributed by atoms with Gasteiger partial charge in [-0.25, -0.2) is 9.88 Å². The first-order valence-electron chi connectivity index (χ1n) is 12.0. The van der Waals surface area contributed by atoms with Crippen LogP contribution in [-0.2, 0) is 14.3 Å². The molecule has 182 valence electrons. The second-order valence-corrected chi connectivity index (χ2v) is 9.87. The highest BCUT2D eigenvalue weighted by Crippen LogP contribution is 2.62. The highest BCUT2D eigenvalue weighted by Gasteiger charge is 2.74. The Hall–Kier alpha value is -3.96. The average Bonchev–Trinajstić information content (AvgIpc) is 3.47. The molecule has 0 saturated carbocycles. The maximum absolute atomic E-state index is 13.9. The SMILES string of the molecule is COc1ccnc(OCCC23CCC(C)(O2)C2C(=O)N(c4ccc5ccccc5c4C#N)C(=O)C23)c1. The van der Waals surface area contributed by atoms with Gasteiger partial charge >= 0.3 is 0 Å². The van der Waals surface area contributed by atoms with E-state index in [9.17, 15) is 14.9 Å². The molecule has 1 aromatic heterocycles. The Labute approximate surface area is 208 Å². The lowest BCUT2D eigenvalue weighted by molar-refractivity contribution is -0.131. The van der Waals surface area contributed by atoms with E-state index in [1.165, 1.54) is 4.90 Å². The zero-order valence-electron chi connectivity index (χ0n) is 20.1. The number of hydrogen-bond acceptors (Lipinski definition) is 7. The monoisotopic (exact) mass is 483 g/mol. The Morgan fingerprint density at radius 3 is 2.75 bits per heavy atom. The molecular formula is C28H25N3O5. The van der Waals surface area contributed by atoms with E-state index in [-0.39, 0.29) is 18.4 Å². The molecule has 3 aromatic rings. The van der Waals surface area contributed by atoms with Crippen LogP contribution in [0.3, 0.4) is 0 Å². The summed E-state index contributed by atoms with van der Waals surface area (Å²) in [4.78, 5) is 33.1. The number of fused-ring (bicyclic) bond motifs is 6. The van der Waals surface area contributed by atoms with Gasteiger partial charge in [-0.3, -0.25) is 9.59 Å². The molecule has 2 bridgehead atoms. The fourth-order valence-corrected chi connectivity index (χ4v) is 6.34. The molecule has 4 atom stereocenters. The molecule has 2 amide bonds. The highest BCUT2D eigenvalue weighted by atomic mass is 16.5. The molecule has 2 aromatic carbocycles. The standard InChI is InChI=1S/C28H25N3O5/c1-27-10-11-28(36-27,12-14-35-22-15-18(34-2)9-13-30-22)24-23(27)25(32)31(26(24)33)21-8-7-17-5-3-4-6-19(17)20(21)16-29/h3-9,13,15,23-24H,10-12,14H2,1-2H3. The molecule has 6 rings (SSSR count). The second-order valence-electron chi connectivity index (χ2n) is 9.87. The lowest BCUT2D eigenvalue weighted by Gasteiger charge is -2.31. The van der Waals surface area contributed by atoms with Crippen LogP contribution in [0.1, 0.15) is 31.7 Å². The Morgan fingerprint density at radius 1 is 1.14 bits per heavy atom. The summed E-state index contributed by atoms with van der Waals surface area (Å²) in [6.45, 7) is 2.20. The summed E-state index contributed by atoms with van der Waals surface area (Å²) in [6.07, 6.45) is 3.39. The fraction of sp³-hybridized carbons (Fsp3) is 0.357. The van der Waals surface area contributed by atoms with Gasteiger partial charge in [-0.2, -0.15) is 5.26 Å². The Morgan fingerprint density at radius 2 is 1.94 bits per heavy atom. The third-order valence-electron chi connectivity index (χ3n) is 7.99. The molecule has 3 aliphatic heterocycles. The van der Waals surface area contributed by atoms with E-state index in [2.05, 4.69) is 11.1 Å². The fourth-order valence-electron chi connectivity index (χ4n) is 6.34. The number of imide groups is 1. The number of carbonyl (C=O) groups excluding carboxylic acids is 2. The van der Waals surface area contributed by atoms with Crippen molar-refractivity contribution >= 4 is 28.3 Å². The summed E-state index contributed by atoms with van der Waals surface area (Å²) in [5, 5.41) is 11.6. The van der Waals surface area contributed by atoms with Crippen LogP contribution in [0.15, 0.2) is 54.7 Å². The smallest absolute Gasteiger partial charge is 0.240 e. The third kappa shape index (κ3) is 3.12. The Bertz CT molecular complexity index is 1450. The van der Waals surface area contributed by atoms with E-state index in [1.54, 1.807) is 31.5 Å². The predicted octanol–water partition coefficient (Wildman–Crippen LogP) is 4.01. The quantitative estimate of drug-likeness (QED) is 0.488. The molecule has 3 saturated heterocycles.